The van der Waals surface area contributed by atoms with Crippen LogP contribution in [-0.2, 0) is 0 Å². The summed E-state index contributed by atoms with van der Waals surface area (Å²) in [5.74, 6) is -0.431. The van der Waals surface area contributed by atoms with Crippen molar-refractivity contribution in [2.45, 2.75) is 6.43 Å². The zero-order valence-electron chi connectivity index (χ0n) is 8.18. The Morgan fingerprint density at radius 2 is 2.38 bits per heavy atom. The molecule has 0 fully saturated rings. The summed E-state index contributed by atoms with van der Waals surface area (Å²) in [5.41, 5.74) is -0.556. The summed E-state index contributed by atoms with van der Waals surface area (Å²) in [4.78, 5) is 16.8. The van der Waals surface area contributed by atoms with Crippen LogP contribution in [0.1, 0.15) is 0 Å². The molecular formula is C7H8F2N4O3. The van der Waals surface area contributed by atoms with Crippen LogP contribution in [-0.4, -0.2) is 35.0 Å². The van der Waals surface area contributed by atoms with Crippen molar-refractivity contribution in [2.75, 3.05) is 19.0 Å². The fourth-order valence-corrected chi connectivity index (χ4v) is 0.854. The van der Waals surface area contributed by atoms with E-state index in [4.69, 9.17) is 0 Å². The van der Waals surface area contributed by atoms with Crippen LogP contribution >= 0.6 is 0 Å². The van der Waals surface area contributed by atoms with Crippen LogP contribution in [0.15, 0.2) is 6.20 Å². The summed E-state index contributed by atoms with van der Waals surface area (Å²) in [6, 6.07) is 0. The van der Waals surface area contributed by atoms with Gasteiger partial charge in [0.25, 0.3) is 12.3 Å². The second-order valence-electron chi connectivity index (χ2n) is 2.59. The average molecular weight is 234 g/mol. The molecule has 1 rings (SSSR count). The Balaban J connectivity index is 2.96. The number of nitrogens with zero attached hydrogens (tertiary/aromatic N) is 3. The fourth-order valence-electron chi connectivity index (χ4n) is 0.854. The molecule has 1 aromatic rings. The lowest BCUT2D eigenvalue weighted by Crippen LogP contribution is -2.10. The SMILES string of the molecule is CNc1ncc([N+](=O)[O-])c(OCC(F)F)n1. The van der Waals surface area contributed by atoms with E-state index in [1.165, 1.54) is 7.05 Å². The number of hydrogen-bond acceptors (Lipinski definition) is 6. The molecule has 0 unspecified atom stereocenters. The van der Waals surface area contributed by atoms with E-state index < -0.39 is 29.5 Å². The summed E-state index contributed by atoms with van der Waals surface area (Å²) in [5, 5.41) is 13.0. The standard InChI is InChI=1S/C7H8F2N4O3/c1-10-7-11-2-4(13(14)15)6(12-7)16-3-5(8)9/h2,5H,3H2,1H3,(H,10,11,12). The van der Waals surface area contributed by atoms with Crippen molar-refractivity contribution in [1.29, 1.82) is 0 Å². The van der Waals surface area contributed by atoms with Crippen LogP contribution < -0.4 is 10.1 Å². The first-order valence-corrected chi connectivity index (χ1v) is 4.14. The highest BCUT2D eigenvalue weighted by Gasteiger charge is 2.19. The predicted octanol–water partition coefficient (Wildman–Crippen LogP) is 1.07. The van der Waals surface area contributed by atoms with Crippen molar-refractivity contribution in [3.05, 3.63) is 16.3 Å². The summed E-state index contributed by atoms with van der Waals surface area (Å²) in [6.07, 6.45) is -1.84. The third-order valence-corrected chi connectivity index (χ3v) is 1.50. The molecule has 0 amide bonds. The van der Waals surface area contributed by atoms with Crippen molar-refractivity contribution in [2.24, 2.45) is 0 Å². The van der Waals surface area contributed by atoms with E-state index in [0.717, 1.165) is 6.20 Å². The van der Waals surface area contributed by atoms with Gasteiger partial charge in [0, 0.05) is 7.05 Å². The van der Waals surface area contributed by atoms with E-state index >= 15 is 0 Å². The van der Waals surface area contributed by atoms with Crippen molar-refractivity contribution < 1.29 is 18.4 Å². The van der Waals surface area contributed by atoms with Gasteiger partial charge in [-0.1, -0.05) is 0 Å². The molecule has 1 aromatic heterocycles. The Morgan fingerprint density at radius 1 is 1.69 bits per heavy atom. The molecule has 0 spiro atoms. The molecule has 1 N–H and O–H groups in total. The minimum absolute atomic E-state index is 0.0508. The first-order valence-electron chi connectivity index (χ1n) is 4.14. The first kappa shape index (κ1) is 12.0. The van der Waals surface area contributed by atoms with Crippen LogP contribution in [0.3, 0.4) is 0 Å². The van der Waals surface area contributed by atoms with Crippen molar-refractivity contribution in [3.63, 3.8) is 0 Å². The fraction of sp³-hybridized carbons (Fsp3) is 0.429. The summed E-state index contributed by atoms with van der Waals surface area (Å²) < 4.78 is 28.3. The van der Waals surface area contributed by atoms with E-state index in [1.807, 2.05) is 0 Å². The molecule has 0 aromatic carbocycles. The Kier molecular flexibility index (Phi) is 3.86. The average Bonchev–Trinajstić information content (AvgIpc) is 2.25. The highest BCUT2D eigenvalue weighted by Crippen LogP contribution is 2.24. The second kappa shape index (κ2) is 5.14. The van der Waals surface area contributed by atoms with Gasteiger partial charge in [0.2, 0.25) is 5.95 Å². The molecule has 0 atom stereocenters. The van der Waals surface area contributed by atoms with E-state index in [-0.39, 0.29) is 5.95 Å². The Hall–Kier alpha value is -2.06. The molecule has 7 nitrogen and oxygen atoms in total. The molecule has 0 bridgehead atoms. The van der Waals surface area contributed by atoms with E-state index in [9.17, 15) is 18.9 Å². The number of nitro groups is 1. The van der Waals surface area contributed by atoms with Crippen molar-refractivity contribution >= 4 is 11.6 Å². The molecule has 9 heteroatoms. The summed E-state index contributed by atoms with van der Waals surface area (Å²) in [6.45, 7) is -0.957. The number of nitrogens with one attached hydrogen (secondary N) is 1. The number of alkyl halides is 2. The maximum atomic E-state index is 11.9. The minimum atomic E-state index is -2.73. The molecule has 88 valence electrons. The number of ether oxygens (including phenoxy) is 1. The molecule has 0 radical (unpaired) electrons. The van der Waals surface area contributed by atoms with Gasteiger partial charge in [0.1, 0.15) is 6.20 Å². The van der Waals surface area contributed by atoms with Crippen LogP contribution in [0, 0.1) is 10.1 Å². The first-order chi connectivity index (χ1) is 7.54. The van der Waals surface area contributed by atoms with Crippen LogP contribution in [0.25, 0.3) is 0 Å². The summed E-state index contributed by atoms with van der Waals surface area (Å²) >= 11 is 0. The van der Waals surface area contributed by atoms with Gasteiger partial charge in [-0.3, -0.25) is 10.1 Å². The molecular weight excluding hydrogens is 226 g/mol. The molecule has 0 aliphatic carbocycles. The molecule has 0 aliphatic heterocycles. The highest BCUT2D eigenvalue weighted by atomic mass is 19.3. The predicted molar refractivity (Wildman–Crippen MR) is 49.7 cm³/mol. The molecule has 1 heterocycles. The Morgan fingerprint density at radius 3 is 2.88 bits per heavy atom. The smallest absolute Gasteiger partial charge is 0.349 e. The normalized spacial score (nSPS) is 10.2. The maximum absolute atomic E-state index is 11.9. The highest BCUT2D eigenvalue weighted by molar-refractivity contribution is 5.42. The lowest BCUT2D eigenvalue weighted by molar-refractivity contribution is -0.386. The van der Waals surface area contributed by atoms with Gasteiger partial charge in [0.15, 0.2) is 6.61 Å². The maximum Gasteiger partial charge on any atom is 0.349 e. The van der Waals surface area contributed by atoms with Crippen molar-refractivity contribution in [3.8, 4) is 5.88 Å². The largest absolute Gasteiger partial charge is 0.467 e. The third kappa shape index (κ3) is 2.97. The molecule has 0 saturated carbocycles. The van der Waals surface area contributed by atoms with Gasteiger partial charge in [-0.25, -0.2) is 13.8 Å². The van der Waals surface area contributed by atoms with Gasteiger partial charge < -0.3 is 10.1 Å². The Labute approximate surface area is 88.6 Å². The number of hydrogen-bond donors (Lipinski definition) is 1. The van der Waals surface area contributed by atoms with Crippen LogP contribution in [0.2, 0.25) is 0 Å². The number of anilines is 1. The van der Waals surface area contributed by atoms with Gasteiger partial charge in [0.05, 0.1) is 4.92 Å². The van der Waals surface area contributed by atoms with E-state index in [0.29, 0.717) is 0 Å². The van der Waals surface area contributed by atoms with Gasteiger partial charge in [-0.15, -0.1) is 0 Å². The number of aromatic nitrogens is 2. The topological polar surface area (TPSA) is 90.2 Å². The molecule has 0 saturated heterocycles. The lowest BCUT2D eigenvalue weighted by atomic mass is 10.5. The molecule has 16 heavy (non-hydrogen) atoms. The van der Waals surface area contributed by atoms with E-state index in [2.05, 4.69) is 20.0 Å². The van der Waals surface area contributed by atoms with Crippen LogP contribution in [0.4, 0.5) is 20.4 Å². The number of halogens is 2. The lowest BCUT2D eigenvalue weighted by Gasteiger charge is -2.05. The zero-order chi connectivity index (χ0) is 12.1. The molecule has 0 aliphatic rings. The zero-order valence-corrected chi connectivity index (χ0v) is 8.18. The second-order valence-corrected chi connectivity index (χ2v) is 2.59. The van der Waals surface area contributed by atoms with Gasteiger partial charge in [-0.2, -0.15) is 4.98 Å². The minimum Gasteiger partial charge on any atom is -0.467 e. The van der Waals surface area contributed by atoms with E-state index in [1.54, 1.807) is 0 Å². The monoisotopic (exact) mass is 234 g/mol. The Bertz CT molecular complexity index is 388. The summed E-state index contributed by atoms with van der Waals surface area (Å²) in [7, 11) is 1.48. The van der Waals surface area contributed by atoms with Crippen molar-refractivity contribution in [1.82, 2.24) is 9.97 Å². The third-order valence-electron chi connectivity index (χ3n) is 1.50. The van der Waals surface area contributed by atoms with Crippen LogP contribution in [0.5, 0.6) is 5.88 Å². The quantitative estimate of drug-likeness (QED) is 0.605. The number of rotatable bonds is 5. The van der Waals surface area contributed by atoms with Gasteiger partial charge >= 0.3 is 5.69 Å². The van der Waals surface area contributed by atoms with Gasteiger partial charge in [-0.05, 0) is 0 Å².